The van der Waals surface area contributed by atoms with Crippen LogP contribution in [0, 0.1) is 16.0 Å². The molecule has 0 saturated carbocycles. The first-order chi connectivity index (χ1) is 16.9. The van der Waals surface area contributed by atoms with E-state index < -0.39 is 10.8 Å². The number of fused-ring (bicyclic) bond motifs is 1. The Morgan fingerprint density at radius 3 is 2.71 bits per heavy atom. The van der Waals surface area contributed by atoms with Gasteiger partial charge in [0.05, 0.1) is 28.8 Å². The van der Waals surface area contributed by atoms with Crippen LogP contribution in [-0.2, 0) is 0 Å². The van der Waals surface area contributed by atoms with Crippen LogP contribution in [0.3, 0.4) is 0 Å². The monoisotopic (exact) mass is 473 g/mol. The van der Waals surface area contributed by atoms with Gasteiger partial charge in [-0.15, -0.1) is 0 Å². The zero-order chi connectivity index (χ0) is 24.5. The quantitative estimate of drug-likeness (QED) is 0.334. The summed E-state index contributed by atoms with van der Waals surface area (Å²) in [6.07, 6.45) is 4.63. The second kappa shape index (κ2) is 9.01. The lowest BCUT2D eigenvalue weighted by molar-refractivity contribution is -0.384. The summed E-state index contributed by atoms with van der Waals surface area (Å²) in [6.45, 7) is 3.67. The Morgan fingerprint density at radius 2 is 1.94 bits per heavy atom. The van der Waals surface area contributed by atoms with E-state index in [1.165, 1.54) is 23.3 Å². The molecule has 11 nitrogen and oxygen atoms in total. The summed E-state index contributed by atoms with van der Waals surface area (Å²) in [6, 6.07) is 11.5. The van der Waals surface area contributed by atoms with Gasteiger partial charge in [-0.1, -0.05) is 19.1 Å². The number of anilines is 2. The summed E-state index contributed by atoms with van der Waals surface area (Å²) >= 11 is 0. The van der Waals surface area contributed by atoms with Crippen molar-refractivity contribution in [3.8, 4) is 5.69 Å². The molecule has 0 spiro atoms. The smallest absolute Gasteiger partial charge is 0.293 e. The van der Waals surface area contributed by atoms with Gasteiger partial charge >= 0.3 is 0 Å². The van der Waals surface area contributed by atoms with Gasteiger partial charge in [-0.3, -0.25) is 19.7 Å². The number of nitro groups is 1. The molecule has 2 aromatic carbocycles. The van der Waals surface area contributed by atoms with Gasteiger partial charge in [-0.2, -0.15) is 5.10 Å². The molecule has 0 atom stereocenters. The van der Waals surface area contributed by atoms with E-state index in [1.807, 2.05) is 4.90 Å². The Morgan fingerprint density at radius 1 is 1.17 bits per heavy atom. The molecule has 178 valence electrons. The van der Waals surface area contributed by atoms with Crippen LogP contribution < -0.4 is 15.8 Å². The van der Waals surface area contributed by atoms with Crippen molar-refractivity contribution in [3.63, 3.8) is 0 Å². The second-order valence-electron chi connectivity index (χ2n) is 8.63. The molecule has 0 unspecified atom stereocenters. The number of hydrogen-bond donors (Lipinski definition) is 2. The number of para-hydroxylation sites is 2. The number of rotatable bonds is 5. The number of benzene rings is 2. The molecule has 0 radical (unpaired) electrons. The van der Waals surface area contributed by atoms with Crippen LogP contribution in [0.15, 0.2) is 59.8 Å². The minimum absolute atomic E-state index is 0.0954. The van der Waals surface area contributed by atoms with Crippen molar-refractivity contribution in [2.75, 3.05) is 23.3 Å². The number of aromatic amines is 1. The number of nitro benzene ring substituents is 1. The molecule has 1 aliphatic rings. The van der Waals surface area contributed by atoms with E-state index in [0.29, 0.717) is 34.0 Å². The lowest BCUT2D eigenvalue weighted by Crippen LogP contribution is -2.33. The summed E-state index contributed by atoms with van der Waals surface area (Å²) in [5.41, 5.74) is 1.54. The minimum Gasteiger partial charge on any atom is -0.366 e. The molecule has 1 saturated heterocycles. The average molecular weight is 473 g/mol. The highest BCUT2D eigenvalue weighted by atomic mass is 16.6. The summed E-state index contributed by atoms with van der Waals surface area (Å²) in [5, 5.41) is 19.2. The maximum absolute atomic E-state index is 13.1. The fraction of sp³-hybridized carbons (Fsp3) is 0.250. The van der Waals surface area contributed by atoms with Crippen LogP contribution in [0.4, 0.5) is 17.1 Å². The molecular weight excluding hydrogens is 450 g/mol. The van der Waals surface area contributed by atoms with Gasteiger partial charge < -0.3 is 15.2 Å². The molecule has 2 N–H and O–H groups in total. The largest absolute Gasteiger partial charge is 0.366 e. The number of nitrogens with one attached hydrogen (secondary N) is 2. The third-order valence-electron chi connectivity index (χ3n) is 6.31. The number of H-pyrrole nitrogens is 1. The van der Waals surface area contributed by atoms with Crippen molar-refractivity contribution in [2.45, 2.75) is 19.8 Å². The van der Waals surface area contributed by atoms with E-state index >= 15 is 0 Å². The lowest BCUT2D eigenvalue weighted by atomic mass is 9.98. The van der Waals surface area contributed by atoms with Crippen molar-refractivity contribution in [2.24, 2.45) is 5.92 Å². The van der Waals surface area contributed by atoms with Crippen molar-refractivity contribution in [1.29, 1.82) is 0 Å². The Hall–Kier alpha value is -4.54. The molecule has 2 aromatic heterocycles. The highest BCUT2D eigenvalue weighted by Crippen LogP contribution is 2.33. The van der Waals surface area contributed by atoms with Gasteiger partial charge in [0.1, 0.15) is 11.1 Å². The summed E-state index contributed by atoms with van der Waals surface area (Å²) in [4.78, 5) is 45.2. The summed E-state index contributed by atoms with van der Waals surface area (Å²) < 4.78 is 1.46. The van der Waals surface area contributed by atoms with E-state index in [2.05, 4.69) is 27.3 Å². The average Bonchev–Trinajstić information content (AvgIpc) is 3.30. The first kappa shape index (κ1) is 22.3. The number of carbonyl (C=O) groups is 1. The predicted octanol–water partition coefficient (Wildman–Crippen LogP) is 3.51. The highest BCUT2D eigenvalue weighted by molar-refractivity contribution is 6.06. The molecule has 0 aliphatic carbocycles. The predicted molar refractivity (Wildman–Crippen MR) is 131 cm³/mol. The van der Waals surface area contributed by atoms with Crippen LogP contribution in [-0.4, -0.2) is 43.7 Å². The SMILES string of the molecule is CC1CCN(c2ccc(C(=O)Nc3ccccc3-n3ncc4c(=O)[nH]cnc43)cc2[N+](=O)[O-])CC1. The number of carbonyl (C=O) groups excluding carboxylic acids is 1. The molecule has 1 amide bonds. The Kier molecular flexibility index (Phi) is 5.73. The topological polar surface area (TPSA) is 139 Å². The molecule has 1 fully saturated rings. The maximum Gasteiger partial charge on any atom is 0.293 e. The van der Waals surface area contributed by atoms with E-state index in [9.17, 15) is 19.7 Å². The lowest BCUT2D eigenvalue weighted by Gasteiger charge is -2.31. The Balaban J connectivity index is 1.46. The van der Waals surface area contributed by atoms with E-state index in [4.69, 9.17) is 0 Å². The molecule has 11 heteroatoms. The second-order valence-corrected chi connectivity index (χ2v) is 8.63. The third-order valence-corrected chi connectivity index (χ3v) is 6.31. The standard InChI is InChI=1S/C24H23N7O4/c1-15-8-10-29(11-9-15)20-7-6-16(12-21(20)31(34)35)23(32)28-18-4-2-3-5-19(18)30-22-17(13-27-30)24(33)26-14-25-22/h2-7,12-15H,8-11H2,1H3,(H,28,32)(H,25,26,33). The third kappa shape index (κ3) is 4.23. The number of piperidine rings is 1. The molecule has 5 rings (SSSR count). The normalized spacial score (nSPS) is 14.3. The molecular formula is C24H23N7O4. The van der Waals surface area contributed by atoms with Gasteiger partial charge in [0, 0.05) is 24.7 Å². The number of amides is 1. The number of hydrogen-bond acceptors (Lipinski definition) is 7. The van der Waals surface area contributed by atoms with Gasteiger partial charge in [-0.25, -0.2) is 9.67 Å². The van der Waals surface area contributed by atoms with E-state index in [1.54, 1.807) is 36.4 Å². The zero-order valence-corrected chi connectivity index (χ0v) is 19.0. The van der Waals surface area contributed by atoms with Crippen molar-refractivity contribution in [3.05, 3.63) is 81.0 Å². The van der Waals surface area contributed by atoms with Gasteiger partial charge in [0.25, 0.3) is 17.2 Å². The van der Waals surface area contributed by atoms with Crippen LogP contribution in [0.2, 0.25) is 0 Å². The first-order valence-electron chi connectivity index (χ1n) is 11.3. The number of aromatic nitrogens is 4. The van der Waals surface area contributed by atoms with Crippen molar-refractivity contribution in [1.82, 2.24) is 19.7 Å². The zero-order valence-electron chi connectivity index (χ0n) is 19.0. The molecule has 3 heterocycles. The van der Waals surface area contributed by atoms with Gasteiger partial charge in [-0.05, 0) is 43.0 Å². The minimum atomic E-state index is -0.498. The van der Waals surface area contributed by atoms with E-state index in [-0.39, 0.29) is 16.8 Å². The van der Waals surface area contributed by atoms with Gasteiger partial charge in [0.15, 0.2) is 5.65 Å². The van der Waals surface area contributed by atoms with Crippen LogP contribution in [0.5, 0.6) is 0 Å². The number of nitrogens with zero attached hydrogens (tertiary/aromatic N) is 5. The Labute approximate surface area is 199 Å². The maximum atomic E-state index is 13.1. The first-order valence-corrected chi connectivity index (χ1v) is 11.3. The fourth-order valence-corrected chi connectivity index (χ4v) is 4.32. The molecule has 1 aliphatic heterocycles. The Bertz CT molecular complexity index is 1480. The van der Waals surface area contributed by atoms with Gasteiger partial charge in [0.2, 0.25) is 0 Å². The molecule has 35 heavy (non-hydrogen) atoms. The highest BCUT2D eigenvalue weighted by Gasteiger charge is 2.25. The van der Waals surface area contributed by atoms with Crippen LogP contribution >= 0.6 is 0 Å². The summed E-state index contributed by atoms with van der Waals surface area (Å²) in [7, 11) is 0. The van der Waals surface area contributed by atoms with Crippen molar-refractivity contribution < 1.29 is 9.72 Å². The van der Waals surface area contributed by atoms with Crippen LogP contribution in [0.25, 0.3) is 16.7 Å². The van der Waals surface area contributed by atoms with E-state index in [0.717, 1.165) is 25.9 Å². The fourth-order valence-electron chi connectivity index (χ4n) is 4.32. The van der Waals surface area contributed by atoms with Crippen molar-refractivity contribution >= 4 is 34.0 Å². The summed E-state index contributed by atoms with van der Waals surface area (Å²) in [5.74, 6) is 0.0949. The molecule has 0 bridgehead atoms. The molecule has 4 aromatic rings. The van der Waals surface area contributed by atoms with Crippen LogP contribution in [0.1, 0.15) is 30.1 Å².